The van der Waals surface area contributed by atoms with Crippen LogP contribution in [0.15, 0.2) is 12.2 Å². The number of epoxide rings is 1. The summed E-state index contributed by atoms with van der Waals surface area (Å²) in [6.07, 6.45) is -2.98. The maximum atomic E-state index is 13.3. The summed E-state index contributed by atoms with van der Waals surface area (Å²) in [4.78, 5) is 13.3. The molecule has 3 heterocycles. The second-order valence-electron chi connectivity index (χ2n) is 10.8. The summed E-state index contributed by atoms with van der Waals surface area (Å²) in [6, 6.07) is 0. The molecule has 0 amide bonds. The van der Waals surface area contributed by atoms with Gasteiger partial charge in [0.15, 0.2) is 0 Å². The summed E-state index contributed by atoms with van der Waals surface area (Å²) in [5, 5.41) is 45.7. The maximum absolute atomic E-state index is 13.3. The molecule has 29 heavy (non-hydrogen) atoms. The molecule has 0 aromatic rings. The first-order valence-electron chi connectivity index (χ1n) is 10.6. The van der Waals surface area contributed by atoms with Gasteiger partial charge in [-0.1, -0.05) is 26.0 Å². The highest BCUT2D eigenvalue weighted by molar-refractivity contribution is 5.86. The van der Waals surface area contributed by atoms with Gasteiger partial charge in [-0.15, -0.1) is 0 Å². The van der Waals surface area contributed by atoms with Gasteiger partial charge in [-0.3, -0.25) is 4.79 Å². The van der Waals surface area contributed by atoms with Crippen molar-refractivity contribution in [3.05, 3.63) is 12.2 Å². The maximum Gasteiger partial charge on any atom is 0.208 e. The first-order chi connectivity index (χ1) is 13.4. The van der Waals surface area contributed by atoms with Crippen LogP contribution in [0.25, 0.3) is 0 Å². The number of Topliss-reactive ketones (excluding diaryl/α,β-unsaturated/α-hetero) is 1. The van der Waals surface area contributed by atoms with Crippen LogP contribution in [0.5, 0.6) is 0 Å². The first-order valence-corrected chi connectivity index (χ1v) is 10.6. The third-order valence-electron chi connectivity index (χ3n) is 9.39. The molecule has 7 heteroatoms. The highest BCUT2D eigenvalue weighted by Gasteiger charge is 2.88. The Bertz CT molecular complexity index is 794. The number of rotatable bonds is 2. The molecule has 11 atom stereocenters. The van der Waals surface area contributed by atoms with E-state index in [4.69, 9.17) is 9.47 Å². The Morgan fingerprint density at radius 3 is 2.31 bits per heavy atom. The number of carbonyl (C=O) groups is 1. The van der Waals surface area contributed by atoms with Crippen LogP contribution in [0.2, 0.25) is 0 Å². The number of carbonyl (C=O) groups excluding carboxylic acids is 1. The third kappa shape index (κ3) is 1.86. The van der Waals surface area contributed by atoms with Gasteiger partial charge in [0.2, 0.25) is 5.79 Å². The molecule has 3 aliphatic heterocycles. The van der Waals surface area contributed by atoms with Crippen molar-refractivity contribution in [2.75, 3.05) is 6.61 Å². The van der Waals surface area contributed by atoms with Gasteiger partial charge in [0.1, 0.15) is 23.4 Å². The van der Waals surface area contributed by atoms with Gasteiger partial charge in [0.05, 0.1) is 24.9 Å². The van der Waals surface area contributed by atoms with Crippen LogP contribution in [-0.4, -0.2) is 69.1 Å². The Morgan fingerprint density at radius 1 is 1.07 bits per heavy atom. The molecule has 1 spiro atoms. The highest BCUT2D eigenvalue weighted by atomic mass is 16.7. The molecule has 2 bridgehead atoms. The first kappa shape index (κ1) is 20.1. The van der Waals surface area contributed by atoms with E-state index in [1.54, 1.807) is 0 Å². The lowest BCUT2D eigenvalue weighted by molar-refractivity contribution is -0.453. The third-order valence-corrected chi connectivity index (χ3v) is 9.39. The number of fused-ring (bicyclic) bond motifs is 2. The van der Waals surface area contributed by atoms with Crippen LogP contribution in [0, 0.1) is 34.0 Å². The van der Waals surface area contributed by atoms with Gasteiger partial charge < -0.3 is 29.9 Å². The topological polar surface area (TPSA) is 120 Å². The average Bonchev–Trinajstić information content (AvgIpc) is 3.42. The van der Waals surface area contributed by atoms with Crippen molar-refractivity contribution in [3.63, 3.8) is 0 Å². The molecule has 0 aromatic carbocycles. The van der Waals surface area contributed by atoms with Crippen LogP contribution in [-0.2, 0) is 14.3 Å². The minimum Gasteiger partial charge on any atom is -0.391 e. The molecule has 162 valence electrons. The Hall–Kier alpha value is -0.830. The molecular weight excluding hydrogens is 376 g/mol. The van der Waals surface area contributed by atoms with Crippen LogP contribution in [0.1, 0.15) is 40.5 Å². The van der Waals surface area contributed by atoms with Gasteiger partial charge in [0.25, 0.3) is 0 Å². The number of ketones is 1. The van der Waals surface area contributed by atoms with E-state index in [2.05, 4.69) is 6.58 Å². The van der Waals surface area contributed by atoms with Crippen molar-refractivity contribution in [2.45, 2.75) is 76.8 Å². The Balaban J connectivity index is 1.77. The fraction of sp³-hybridized carbons (Fsp3) is 0.864. The van der Waals surface area contributed by atoms with Crippen molar-refractivity contribution in [1.82, 2.24) is 0 Å². The van der Waals surface area contributed by atoms with Crippen molar-refractivity contribution < 1.29 is 34.7 Å². The molecule has 0 radical (unpaired) electrons. The average molecular weight is 408 g/mol. The fourth-order valence-corrected chi connectivity index (χ4v) is 8.20. The van der Waals surface area contributed by atoms with Crippen molar-refractivity contribution in [2.24, 2.45) is 34.0 Å². The van der Waals surface area contributed by atoms with Crippen LogP contribution < -0.4 is 0 Å². The lowest BCUT2D eigenvalue weighted by Gasteiger charge is -2.74. The summed E-state index contributed by atoms with van der Waals surface area (Å²) < 4.78 is 11.9. The van der Waals surface area contributed by atoms with E-state index < -0.39 is 52.2 Å². The second-order valence-corrected chi connectivity index (χ2v) is 10.8. The quantitative estimate of drug-likeness (QED) is 0.385. The zero-order valence-corrected chi connectivity index (χ0v) is 17.5. The SMILES string of the molecule is C=C(C)[C@@H]1CC[C@H]2[C@@]34CO[C@@](O)([C@@H](O)[C@@H]3C(C)(C)[C@@H](O)[C@H]3O[C@H]34)[C@@]2(C(C)=O)[C@@H]1O. The molecule has 3 aliphatic carbocycles. The van der Waals surface area contributed by atoms with E-state index in [0.29, 0.717) is 12.8 Å². The monoisotopic (exact) mass is 408 g/mol. The molecule has 6 rings (SSSR count). The van der Waals surface area contributed by atoms with Gasteiger partial charge in [-0.25, -0.2) is 0 Å². The number of hydrogen-bond acceptors (Lipinski definition) is 7. The van der Waals surface area contributed by atoms with Crippen LogP contribution >= 0.6 is 0 Å². The lowest BCUT2D eigenvalue weighted by Crippen LogP contribution is -2.87. The Morgan fingerprint density at radius 2 is 1.72 bits per heavy atom. The van der Waals surface area contributed by atoms with Crippen molar-refractivity contribution >= 4 is 5.78 Å². The summed E-state index contributed by atoms with van der Waals surface area (Å²) in [6.45, 7) is 11.0. The number of aliphatic hydroxyl groups is 4. The number of ether oxygens (including phenoxy) is 2. The summed E-state index contributed by atoms with van der Waals surface area (Å²) >= 11 is 0. The van der Waals surface area contributed by atoms with E-state index in [1.165, 1.54) is 6.92 Å². The van der Waals surface area contributed by atoms with Gasteiger partial charge in [0, 0.05) is 17.3 Å². The molecule has 3 saturated carbocycles. The van der Waals surface area contributed by atoms with E-state index in [0.717, 1.165) is 5.57 Å². The predicted octanol–water partition coefficient (Wildman–Crippen LogP) is 0.389. The Labute approximate surface area is 170 Å². The minimum absolute atomic E-state index is 0.132. The highest BCUT2D eigenvalue weighted by Crippen LogP contribution is 2.76. The standard InChI is InChI=1S/C22H32O7/c1-9(2)11-6-7-12-20-8-28-22(27,21(12,10(3)23)15(11)24)17(26)14(20)19(4,5)16(25)13-18(20)29-13/h11-18,24-27H,1,6-8H2,2-5H3/t11-,12-,13+,14+,15+,16-,17-,18+,20-,21+,22-/m0/s1. The molecule has 6 aliphatic rings. The molecule has 6 fully saturated rings. The van der Waals surface area contributed by atoms with Gasteiger partial charge >= 0.3 is 0 Å². The van der Waals surface area contributed by atoms with Gasteiger partial charge in [-0.05, 0) is 38.0 Å². The van der Waals surface area contributed by atoms with Crippen molar-refractivity contribution in [3.8, 4) is 0 Å². The lowest BCUT2D eigenvalue weighted by atomic mass is 9.34. The van der Waals surface area contributed by atoms with E-state index in [1.807, 2.05) is 20.8 Å². The zero-order valence-electron chi connectivity index (χ0n) is 17.5. The van der Waals surface area contributed by atoms with Crippen LogP contribution in [0.4, 0.5) is 0 Å². The smallest absolute Gasteiger partial charge is 0.208 e. The summed E-state index contributed by atoms with van der Waals surface area (Å²) in [7, 11) is 0. The predicted molar refractivity (Wildman–Crippen MR) is 101 cm³/mol. The minimum atomic E-state index is -2.23. The number of aliphatic hydroxyl groups excluding tert-OH is 3. The molecule has 3 saturated heterocycles. The molecule has 0 aromatic heterocycles. The molecule has 0 unspecified atom stereocenters. The fourth-order valence-electron chi connectivity index (χ4n) is 8.20. The normalized spacial score (nSPS) is 59.3. The largest absolute Gasteiger partial charge is 0.391 e. The Kier molecular flexibility index (Phi) is 3.81. The summed E-state index contributed by atoms with van der Waals surface area (Å²) in [5.74, 6) is -3.95. The van der Waals surface area contributed by atoms with E-state index in [9.17, 15) is 25.2 Å². The number of hydrogen-bond donors (Lipinski definition) is 4. The second kappa shape index (κ2) is 5.50. The van der Waals surface area contributed by atoms with E-state index in [-0.39, 0.29) is 30.5 Å². The van der Waals surface area contributed by atoms with Gasteiger partial charge in [-0.2, -0.15) is 0 Å². The molecule has 7 nitrogen and oxygen atoms in total. The van der Waals surface area contributed by atoms with Crippen molar-refractivity contribution in [1.29, 1.82) is 0 Å². The van der Waals surface area contributed by atoms with E-state index >= 15 is 0 Å². The van der Waals surface area contributed by atoms with Crippen LogP contribution in [0.3, 0.4) is 0 Å². The molecule has 4 N–H and O–H groups in total. The zero-order chi connectivity index (χ0) is 21.3. The summed E-state index contributed by atoms with van der Waals surface area (Å²) in [5.41, 5.74) is -2.44. The molecular formula is C22H32O7.